The van der Waals surface area contributed by atoms with Gasteiger partial charge in [0.15, 0.2) is 11.5 Å². The van der Waals surface area contributed by atoms with Gasteiger partial charge in [0.25, 0.3) is 0 Å². The van der Waals surface area contributed by atoms with Gasteiger partial charge in [-0.15, -0.1) is 0 Å². The van der Waals surface area contributed by atoms with Crippen LogP contribution in [-0.2, 0) is 9.59 Å². The van der Waals surface area contributed by atoms with Crippen molar-refractivity contribution in [1.82, 2.24) is 21.3 Å². The maximum atomic E-state index is 13.6. The molecule has 2 heterocycles. The number of hydrogen-bond acceptors (Lipinski definition) is 8. The van der Waals surface area contributed by atoms with E-state index in [9.17, 15) is 14.4 Å². The van der Waals surface area contributed by atoms with E-state index in [0.717, 1.165) is 74.7 Å². The van der Waals surface area contributed by atoms with E-state index in [2.05, 4.69) is 28.2 Å². The molecule has 1 aromatic rings. The van der Waals surface area contributed by atoms with E-state index in [1.807, 2.05) is 24.8 Å². The van der Waals surface area contributed by atoms with Crippen molar-refractivity contribution < 1.29 is 33.3 Å². The van der Waals surface area contributed by atoms with Crippen molar-refractivity contribution in [2.45, 2.75) is 134 Å². The molecule has 0 unspecified atom stereocenters. The van der Waals surface area contributed by atoms with Gasteiger partial charge in [-0.1, -0.05) is 64.7 Å². The van der Waals surface area contributed by atoms with Crippen molar-refractivity contribution in [3.05, 3.63) is 16.7 Å². The summed E-state index contributed by atoms with van der Waals surface area (Å²) in [6.07, 6.45) is 17.9. The minimum atomic E-state index is -0.0699. The van der Waals surface area contributed by atoms with E-state index in [4.69, 9.17) is 18.9 Å². The molecule has 0 aliphatic carbocycles. The molecule has 51 heavy (non-hydrogen) atoms. The third-order valence-corrected chi connectivity index (χ3v) is 11.4. The monoisotopic (exact) mass is 732 g/mol. The van der Waals surface area contributed by atoms with Crippen molar-refractivity contribution in [3.63, 3.8) is 0 Å². The van der Waals surface area contributed by atoms with E-state index in [0.29, 0.717) is 59.8 Å². The Kier molecular flexibility index (Phi) is 19.3. The topological polar surface area (TPSA) is 136 Å². The number of benzene rings is 1. The number of carbonyl (C=O) groups excluding carboxylic acids is 3. The van der Waals surface area contributed by atoms with Crippen LogP contribution in [0.5, 0.6) is 23.0 Å². The molecule has 0 spiro atoms. The Balaban J connectivity index is 1.43. The van der Waals surface area contributed by atoms with E-state index >= 15 is 0 Å². The minimum absolute atomic E-state index is 0.0552. The summed E-state index contributed by atoms with van der Waals surface area (Å²) in [6.45, 7) is 5.42. The van der Waals surface area contributed by atoms with Gasteiger partial charge in [-0.2, -0.15) is 11.8 Å². The normalized spacial score (nSPS) is 18.1. The third-order valence-electron chi connectivity index (χ3n) is 9.88. The number of carbonyl (C=O) groups is 3. The molecule has 288 valence electrons. The minimum Gasteiger partial charge on any atom is -0.492 e. The number of urea groups is 1. The van der Waals surface area contributed by atoms with Crippen LogP contribution in [-0.4, -0.2) is 82.5 Å². The molecule has 0 aromatic heterocycles. The maximum Gasteiger partial charge on any atom is 0.315 e. The Hall–Kier alpha value is -3.28. The SMILES string of the molecule is CCCCCCCCC/C(=C\c1c(C)c(OC)c(OC)c(OC)c1OC)C(=O)NCCCCCCNC(=O)CCCC[C@@H]1SC[C@@H]2NC(=O)N[C@@H]21. The second-order valence-electron chi connectivity index (χ2n) is 13.6. The molecule has 4 amide bonds. The molecule has 3 atom stereocenters. The van der Waals surface area contributed by atoms with Crippen molar-refractivity contribution in [2.24, 2.45) is 0 Å². The van der Waals surface area contributed by atoms with Gasteiger partial charge in [-0.3, -0.25) is 9.59 Å². The molecule has 1 aromatic carbocycles. The number of thioether (sulfide) groups is 1. The summed E-state index contributed by atoms with van der Waals surface area (Å²) in [4.78, 5) is 37.5. The first-order valence-electron chi connectivity index (χ1n) is 19.1. The molecule has 2 fully saturated rings. The molecular formula is C39H64N4O7S. The van der Waals surface area contributed by atoms with Gasteiger partial charge in [-0.25, -0.2) is 4.79 Å². The molecule has 0 bridgehead atoms. The fourth-order valence-electron chi connectivity index (χ4n) is 6.99. The fourth-order valence-corrected chi connectivity index (χ4v) is 8.54. The third kappa shape index (κ3) is 13.0. The number of amides is 4. The van der Waals surface area contributed by atoms with Gasteiger partial charge < -0.3 is 40.2 Å². The van der Waals surface area contributed by atoms with Crippen molar-refractivity contribution in [1.29, 1.82) is 0 Å². The average molecular weight is 733 g/mol. The van der Waals surface area contributed by atoms with Gasteiger partial charge in [0.1, 0.15) is 0 Å². The molecular weight excluding hydrogens is 669 g/mol. The molecule has 2 saturated heterocycles. The van der Waals surface area contributed by atoms with Crippen molar-refractivity contribution in [3.8, 4) is 23.0 Å². The standard InChI is InChI=1S/C39H64N4O7S/c1-7-8-9-10-11-12-15-20-28(25-29-27(2)34(47-3)36(49-5)37(50-6)35(29)48-4)38(45)41-24-19-14-13-18-23-40-32(44)22-17-16-21-31-33-30(26-51-31)42-39(46)43-33/h25,30-31,33H,7-24,26H2,1-6H3,(H,40,44)(H,41,45)(H2,42,43,46)/b28-25+/t30-,31-,33-/m0/s1. The summed E-state index contributed by atoms with van der Waals surface area (Å²) in [6, 6.07) is 0.413. The molecule has 0 radical (unpaired) electrons. The predicted octanol–water partition coefficient (Wildman–Crippen LogP) is 7.07. The maximum absolute atomic E-state index is 13.6. The highest BCUT2D eigenvalue weighted by molar-refractivity contribution is 8.00. The zero-order chi connectivity index (χ0) is 37.0. The predicted molar refractivity (Wildman–Crippen MR) is 206 cm³/mol. The number of nitrogens with one attached hydrogen (secondary N) is 4. The summed E-state index contributed by atoms with van der Waals surface area (Å²) < 4.78 is 22.8. The van der Waals surface area contributed by atoms with Crippen LogP contribution < -0.4 is 40.2 Å². The zero-order valence-electron chi connectivity index (χ0n) is 32.0. The highest BCUT2D eigenvalue weighted by Crippen LogP contribution is 2.50. The molecule has 12 heteroatoms. The van der Waals surface area contributed by atoms with Gasteiger partial charge in [0, 0.05) is 47.2 Å². The second kappa shape index (κ2) is 23.3. The Labute approximate surface area is 310 Å². The van der Waals surface area contributed by atoms with Crippen LogP contribution in [0.25, 0.3) is 6.08 Å². The lowest BCUT2D eigenvalue weighted by atomic mass is 9.98. The summed E-state index contributed by atoms with van der Waals surface area (Å²) in [5.41, 5.74) is 2.25. The molecule has 3 rings (SSSR count). The van der Waals surface area contributed by atoms with Crippen molar-refractivity contribution in [2.75, 3.05) is 47.3 Å². The van der Waals surface area contributed by atoms with Crippen LogP contribution in [0.3, 0.4) is 0 Å². The fraction of sp³-hybridized carbons (Fsp3) is 0.718. The molecule has 2 aliphatic rings. The Morgan fingerprint density at radius 3 is 2.00 bits per heavy atom. The smallest absolute Gasteiger partial charge is 0.315 e. The first-order chi connectivity index (χ1) is 24.8. The number of unbranched alkanes of at least 4 members (excludes halogenated alkanes) is 10. The lowest BCUT2D eigenvalue weighted by molar-refractivity contribution is -0.121. The van der Waals surface area contributed by atoms with Crippen LogP contribution in [0.4, 0.5) is 4.79 Å². The van der Waals surface area contributed by atoms with Gasteiger partial charge in [-0.05, 0) is 51.5 Å². The molecule has 11 nitrogen and oxygen atoms in total. The second-order valence-corrected chi connectivity index (χ2v) is 14.9. The largest absolute Gasteiger partial charge is 0.492 e. The van der Waals surface area contributed by atoms with E-state index in [1.54, 1.807) is 28.4 Å². The van der Waals surface area contributed by atoms with Gasteiger partial charge in [0.05, 0.1) is 40.5 Å². The number of fused-ring (bicyclic) bond motifs is 1. The average Bonchev–Trinajstić information content (AvgIpc) is 3.69. The first-order valence-corrected chi connectivity index (χ1v) is 20.1. The van der Waals surface area contributed by atoms with Crippen LogP contribution >= 0.6 is 11.8 Å². The Bertz CT molecular complexity index is 1290. The van der Waals surface area contributed by atoms with Gasteiger partial charge >= 0.3 is 6.03 Å². The van der Waals surface area contributed by atoms with E-state index < -0.39 is 0 Å². The number of rotatable bonds is 26. The quantitative estimate of drug-likeness (QED) is 0.0451. The molecule has 0 saturated carbocycles. The highest BCUT2D eigenvalue weighted by atomic mass is 32.2. The van der Waals surface area contributed by atoms with Crippen LogP contribution in [0.2, 0.25) is 0 Å². The number of ether oxygens (including phenoxy) is 4. The number of methoxy groups -OCH3 is 4. The first kappa shape index (κ1) is 42.1. The van der Waals surface area contributed by atoms with Crippen LogP contribution in [0.15, 0.2) is 5.57 Å². The summed E-state index contributed by atoms with van der Waals surface area (Å²) in [5.74, 6) is 2.93. The zero-order valence-corrected chi connectivity index (χ0v) is 32.8. The Morgan fingerprint density at radius 1 is 0.745 bits per heavy atom. The highest BCUT2D eigenvalue weighted by Gasteiger charge is 2.42. The van der Waals surface area contributed by atoms with Crippen LogP contribution in [0, 0.1) is 6.92 Å². The summed E-state index contributed by atoms with van der Waals surface area (Å²) >= 11 is 1.91. The molecule has 2 aliphatic heterocycles. The summed E-state index contributed by atoms with van der Waals surface area (Å²) in [5, 5.41) is 12.6. The van der Waals surface area contributed by atoms with Gasteiger partial charge in [0.2, 0.25) is 23.3 Å². The van der Waals surface area contributed by atoms with E-state index in [-0.39, 0.29) is 29.9 Å². The summed E-state index contributed by atoms with van der Waals surface area (Å²) in [7, 11) is 6.31. The Morgan fingerprint density at radius 2 is 1.33 bits per heavy atom. The lowest BCUT2D eigenvalue weighted by Crippen LogP contribution is -2.36. The molecule has 4 N–H and O–H groups in total. The van der Waals surface area contributed by atoms with E-state index in [1.165, 1.54) is 32.1 Å². The van der Waals surface area contributed by atoms with Crippen LogP contribution in [0.1, 0.15) is 121 Å². The number of hydrogen-bond donors (Lipinski definition) is 4. The lowest BCUT2D eigenvalue weighted by Gasteiger charge is -2.21. The van der Waals surface area contributed by atoms with Crippen molar-refractivity contribution >= 4 is 35.7 Å².